The van der Waals surface area contributed by atoms with Crippen LogP contribution in [-0.2, 0) is 12.1 Å². The Labute approximate surface area is 205 Å². The monoisotopic (exact) mass is 478 g/mol. The Bertz CT molecular complexity index is 1160. The number of rotatable bonds is 7. The number of nitrogens with zero attached hydrogens (tertiary/aromatic N) is 3. The Morgan fingerprint density at radius 1 is 1.32 bits per heavy atom. The Morgan fingerprint density at radius 3 is 2.85 bits per heavy atom. The molecule has 1 aromatic carbocycles. The Hall–Kier alpha value is -2.45. The molecule has 0 spiro atoms. The summed E-state index contributed by atoms with van der Waals surface area (Å²) in [4.78, 5) is 9.60. The van der Waals surface area contributed by atoms with E-state index in [2.05, 4.69) is 53.5 Å². The van der Waals surface area contributed by atoms with E-state index in [-0.39, 0.29) is 0 Å². The van der Waals surface area contributed by atoms with Crippen molar-refractivity contribution in [2.75, 3.05) is 31.1 Å². The number of halogens is 1. The number of allylic oxidation sites excluding steroid dienone is 1. The molecule has 0 aliphatic carbocycles. The molecule has 1 aromatic heterocycles. The van der Waals surface area contributed by atoms with Crippen LogP contribution in [0.5, 0.6) is 0 Å². The molecular formula is C27H31FN4OS. The second kappa shape index (κ2) is 9.30. The summed E-state index contributed by atoms with van der Waals surface area (Å²) in [7, 11) is 0. The molecule has 1 atom stereocenters. The van der Waals surface area contributed by atoms with E-state index in [0.717, 1.165) is 38.2 Å². The summed E-state index contributed by atoms with van der Waals surface area (Å²) in [6, 6.07) is 7.00. The lowest BCUT2D eigenvalue weighted by molar-refractivity contribution is 0.00367. The number of piperidine rings is 1. The largest absolute Gasteiger partial charge is 0.382 e. The maximum atomic E-state index is 14.9. The highest BCUT2D eigenvalue weighted by molar-refractivity contribution is 8.02. The average Bonchev–Trinajstić information content (AvgIpc) is 3.14. The van der Waals surface area contributed by atoms with Gasteiger partial charge < -0.3 is 15.3 Å². The van der Waals surface area contributed by atoms with Crippen LogP contribution in [0.25, 0.3) is 6.08 Å². The highest BCUT2D eigenvalue weighted by Crippen LogP contribution is 2.46. The number of anilines is 1. The van der Waals surface area contributed by atoms with Gasteiger partial charge in [-0.25, -0.2) is 4.39 Å². The fourth-order valence-electron chi connectivity index (χ4n) is 5.36. The third-order valence-corrected chi connectivity index (χ3v) is 7.97. The topological polar surface area (TPSA) is 51.6 Å². The van der Waals surface area contributed by atoms with Crippen molar-refractivity contribution in [3.8, 4) is 0 Å². The predicted octanol–water partition coefficient (Wildman–Crippen LogP) is 4.57. The second-order valence-corrected chi connectivity index (χ2v) is 10.5. The number of β-amino-alcohol motifs (C(OH)–C–C–N with tert-alkyl or cyclic N) is 1. The number of benzene rings is 1. The van der Waals surface area contributed by atoms with Gasteiger partial charge in [0.25, 0.3) is 0 Å². The van der Waals surface area contributed by atoms with E-state index >= 15 is 0 Å². The van der Waals surface area contributed by atoms with Crippen molar-refractivity contribution in [2.45, 2.75) is 42.8 Å². The standard InChI is InChI=1S/C27H31FN4OS/c1-4-34-24-8-6-20(13-18(24)2)14-29-21-9-11-31(12-10-21)16-27(33)17-32-19(3)5-7-23-26(32)25(27)22(28)15-30-23/h4-8,13,15,21,29,33H,1,3,9-12,14,16-17H2,2H3. The summed E-state index contributed by atoms with van der Waals surface area (Å²) in [6.45, 7) is 13.3. The Kier molecular flexibility index (Phi) is 6.37. The number of nitrogens with one attached hydrogen (secondary N) is 1. The predicted molar refractivity (Wildman–Crippen MR) is 137 cm³/mol. The molecule has 178 valence electrons. The minimum absolute atomic E-state index is 0.304. The van der Waals surface area contributed by atoms with Crippen LogP contribution in [-0.4, -0.2) is 47.2 Å². The number of aromatic nitrogens is 1. The minimum atomic E-state index is -1.28. The van der Waals surface area contributed by atoms with Gasteiger partial charge in [0.2, 0.25) is 0 Å². The van der Waals surface area contributed by atoms with Crippen molar-refractivity contribution in [1.29, 1.82) is 0 Å². The smallest absolute Gasteiger partial charge is 0.149 e. The lowest BCUT2D eigenvalue weighted by Gasteiger charge is -2.37. The fourth-order valence-corrected chi connectivity index (χ4v) is 5.93. The number of aryl methyl sites for hydroxylation is 1. The van der Waals surface area contributed by atoms with E-state index in [0.29, 0.717) is 36.1 Å². The molecule has 3 aliphatic heterocycles. The molecule has 1 unspecified atom stereocenters. The van der Waals surface area contributed by atoms with Crippen molar-refractivity contribution >= 4 is 23.5 Å². The van der Waals surface area contributed by atoms with Crippen molar-refractivity contribution in [3.05, 3.63) is 82.9 Å². The maximum Gasteiger partial charge on any atom is 0.149 e. The highest BCUT2D eigenvalue weighted by Gasteiger charge is 2.47. The summed E-state index contributed by atoms with van der Waals surface area (Å²) >= 11 is 1.65. The first-order valence-electron chi connectivity index (χ1n) is 11.8. The Morgan fingerprint density at radius 2 is 2.12 bits per heavy atom. The molecule has 34 heavy (non-hydrogen) atoms. The fraction of sp³-hybridized carbons (Fsp3) is 0.370. The zero-order chi connectivity index (χ0) is 23.9. The molecule has 2 N–H and O–H groups in total. The summed E-state index contributed by atoms with van der Waals surface area (Å²) < 4.78 is 14.9. The quantitative estimate of drug-likeness (QED) is 0.569. The molecule has 3 aliphatic rings. The molecule has 0 bridgehead atoms. The van der Waals surface area contributed by atoms with Crippen LogP contribution >= 0.6 is 11.8 Å². The van der Waals surface area contributed by atoms with E-state index in [1.165, 1.54) is 22.2 Å². The molecular weight excluding hydrogens is 447 g/mol. The summed E-state index contributed by atoms with van der Waals surface area (Å²) in [6.07, 6.45) is 6.92. The lowest BCUT2D eigenvalue weighted by Crippen LogP contribution is -2.49. The van der Waals surface area contributed by atoms with Crippen LogP contribution in [0.1, 0.15) is 35.2 Å². The molecule has 0 radical (unpaired) electrons. The number of pyridine rings is 1. The SMILES string of the molecule is C=CSc1ccc(CNC2CCN(CC3(O)CN4C(=C)C=Cc5ncc(F)c3c54)CC2)cc1C. The van der Waals surface area contributed by atoms with Crippen LogP contribution < -0.4 is 10.2 Å². The van der Waals surface area contributed by atoms with Gasteiger partial charge in [0, 0.05) is 35.3 Å². The molecule has 5 nitrogen and oxygen atoms in total. The number of hydrogen-bond acceptors (Lipinski definition) is 6. The van der Waals surface area contributed by atoms with Gasteiger partial charge in [-0.1, -0.05) is 37.1 Å². The minimum Gasteiger partial charge on any atom is -0.382 e. The lowest BCUT2D eigenvalue weighted by atomic mass is 9.93. The van der Waals surface area contributed by atoms with Gasteiger partial charge >= 0.3 is 0 Å². The van der Waals surface area contributed by atoms with Crippen molar-refractivity contribution in [3.63, 3.8) is 0 Å². The van der Waals surface area contributed by atoms with E-state index < -0.39 is 11.4 Å². The highest BCUT2D eigenvalue weighted by atomic mass is 32.2. The number of aliphatic hydroxyl groups is 1. The van der Waals surface area contributed by atoms with Crippen LogP contribution in [0.3, 0.4) is 0 Å². The first-order valence-corrected chi connectivity index (χ1v) is 12.6. The molecule has 0 amide bonds. The first kappa shape index (κ1) is 23.3. The van der Waals surface area contributed by atoms with Crippen molar-refractivity contribution < 1.29 is 9.50 Å². The van der Waals surface area contributed by atoms with Crippen LogP contribution in [0.15, 0.2) is 59.6 Å². The molecule has 7 heteroatoms. The van der Waals surface area contributed by atoms with Gasteiger partial charge in [-0.3, -0.25) is 9.88 Å². The van der Waals surface area contributed by atoms with Crippen LogP contribution in [0, 0.1) is 12.7 Å². The summed E-state index contributed by atoms with van der Waals surface area (Å²) in [5.41, 5.74) is 3.74. The zero-order valence-corrected chi connectivity index (χ0v) is 20.4. The third kappa shape index (κ3) is 4.33. The molecule has 4 heterocycles. The summed E-state index contributed by atoms with van der Waals surface area (Å²) in [5.74, 6) is -0.448. The van der Waals surface area contributed by atoms with Crippen molar-refractivity contribution in [1.82, 2.24) is 15.2 Å². The van der Waals surface area contributed by atoms with Gasteiger partial charge in [-0.05, 0) is 67.6 Å². The third-order valence-electron chi connectivity index (χ3n) is 7.09. The molecule has 1 fully saturated rings. The molecule has 5 rings (SSSR count). The van der Waals surface area contributed by atoms with Gasteiger partial charge in [0.05, 0.1) is 24.1 Å². The first-order chi connectivity index (χ1) is 16.4. The van der Waals surface area contributed by atoms with Gasteiger partial charge in [-0.15, -0.1) is 0 Å². The molecule has 1 saturated heterocycles. The summed E-state index contributed by atoms with van der Waals surface area (Å²) in [5, 5.41) is 17.2. The maximum absolute atomic E-state index is 14.9. The van der Waals surface area contributed by atoms with Gasteiger partial charge in [0.15, 0.2) is 0 Å². The van der Waals surface area contributed by atoms with Crippen molar-refractivity contribution in [2.24, 2.45) is 0 Å². The average molecular weight is 479 g/mol. The molecule has 2 aromatic rings. The number of hydrogen-bond donors (Lipinski definition) is 2. The van der Waals surface area contributed by atoms with E-state index in [4.69, 9.17) is 0 Å². The second-order valence-electron chi connectivity index (χ2n) is 9.47. The Balaban J connectivity index is 1.19. The number of thioether (sulfide) groups is 1. The number of likely N-dealkylation sites (tertiary alicyclic amines) is 1. The van der Waals surface area contributed by atoms with E-state index in [1.807, 2.05) is 22.5 Å². The molecule has 0 saturated carbocycles. The van der Waals surface area contributed by atoms with Crippen LogP contribution in [0.4, 0.5) is 10.1 Å². The van der Waals surface area contributed by atoms with E-state index in [1.54, 1.807) is 11.8 Å². The van der Waals surface area contributed by atoms with E-state index in [9.17, 15) is 9.50 Å². The van der Waals surface area contributed by atoms with Crippen LogP contribution in [0.2, 0.25) is 0 Å². The van der Waals surface area contributed by atoms with Gasteiger partial charge in [-0.2, -0.15) is 0 Å². The normalized spacial score (nSPS) is 22.3. The zero-order valence-electron chi connectivity index (χ0n) is 19.6. The van der Waals surface area contributed by atoms with Gasteiger partial charge in [0.1, 0.15) is 11.4 Å².